The Morgan fingerprint density at radius 3 is 1.89 bits per heavy atom. The van der Waals surface area contributed by atoms with Crippen molar-refractivity contribution in [3.63, 3.8) is 0 Å². The average molecular weight is 536 g/mol. The van der Waals surface area contributed by atoms with Gasteiger partial charge in [-0.05, 0) is 50.1 Å². The molecule has 3 amide bonds. The van der Waals surface area contributed by atoms with Crippen LogP contribution < -0.4 is 27.4 Å². The fourth-order valence-corrected chi connectivity index (χ4v) is 3.79. The van der Waals surface area contributed by atoms with Gasteiger partial charge in [-0.25, -0.2) is 4.79 Å². The lowest BCUT2D eigenvalue weighted by Gasteiger charge is -2.25. The predicted octanol–water partition coefficient (Wildman–Crippen LogP) is 0.135. The molecule has 4 atom stereocenters. The Labute approximate surface area is 222 Å². The second-order valence-electron chi connectivity index (χ2n) is 9.66. The summed E-state index contributed by atoms with van der Waals surface area (Å²) in [7, 11) is 0. The van der Waals surface area contributed by atoms with E-state index in [0.717, 1.165) is 0 Å². The Morgan fingerprint density at radius 1 is 0.816 bits per heavy atom. The van der Waals surface area contributed by atoms with Gasteiger partial charge in [0.1, 0.15) is 18.1 Å². The highest BCUT2D eigenvalue weighted by atomic mass is 16.4. The molecule has 212 valence electrons. The van der Waals surface area contributed by atoms with Crippen molar-refractivity contribution in [1.29, 1.82) is 0 Å². The Bertz CT molecular complexity index is 926. The van der Waals surface area contributed by atoms with Gasteiger partial charge in [-0.1, -0.05) is 44.2 Å². The predicted molar refractivity (Wildman–Crippen MR) is 141 cm³/mol. The van der Waals surface area contributed by atoms with Gasteiger partial charge >= 0.3 is 11.9 Å². The molecule has 0 saturated carbocycles. The molecule has 38 heavy (non-hydrogen) atoms. The van der Waals surface area contributed by atoms with E-state index in [4.69, 9.17) is 16.6 Å². The number of amides is 3. The van der Waals surface area contributed by atoms with E-state index < -0.39 is 60.2 Å². The summed E-state index contributed by atoms with van der Waals surface area (Å²) in [5.74, 6) is -4.36. The van der Waals surface area contributed by atoms with Crippen molar-refractivity contribution in [3.05, 3.63) is 35.9 Å². The summed E-state index contributed by atoms with van der Waals surface area (Å²) in [6, 6.07) is 4.26. The van der Waals surface area contributed by atoms with Crippen molar-refractivity contribution < 1.29 is 34.2 Å². The summed E-state index contributed by atoms with van der Waals surface area (Å²) in [5, 5.41) is 26.3. The fourth-order valence-electron chi connectivity index (χ4n) is 3.79. The van der Waals surface area contributed by atoms with Crippen LogP contribution in [0.2, 0.25) is 0 Å². The first-order chi connectivity index (χ1) is 17.9. The molecule has 0 aliphatic rings. The number of benzene rings is 1. The molecule has 9 N–H and O–H groups in total. The number of carbonyl (C=O) groups is 5. The lowest BCUT2D eigenvalue weighted by atomic mass is 10.0. The van der Waals surface area contributed by atoms with E-state index >= 15 is 0 Å². The molecular weight excluding hydrogens is 494 g/mol. The second kappa shape index (κ2) is 17.1. The third kappa shape index (κ3) is 12.6. The number of carboxylic acid groups (broad SMARTS) is 2. The molecule has 12 heteroatoms. The summed E-state index contributed by atoms with van der Waals surface area (Å²) in [4.78, 5) is 61.7. The third-order valence-corrected chi connectivity index (χ3v) is 5.82. The highest BCUT2D eigenvalue weighted by Crippen LogP contribution is 2.09. The minimum Gasteiger partial charge on any atom is -0.481 e. The summed E-state index contributed by atoms with van der Waals surface area (Å²) >= 11 is 0. The minimum absolute atomic E-state index is 0.0381. The molecule has 0 saturated heterocycles. The highest BCUT2D eigenvalue weighted by Gasteiger charge is 2.30. The molecule has 0 spiro atoms. The van der Waals surface area contributed by atoms with Gasteiger partial charge in [-0.3, -0.25) is 19.2 Å². The number of carbonyl (C=O) groups excluding carboxylic acids is 3. The van der Waals surface area contributed by atoms with Crippen LogP contribution in [0, 0.1) is 5.92 Å². The van der Waals surface area contributed by atoms with Crippen molar-refractivity contribution in [2.75, 3.05) is 6.54 Å². The summed E-state index contributed by atoms with van der Waals surface area (Å²) in [6.07, 6.45) is 0.979. The maximum Gasteiger partial charge on any atom is 0.326 e. The van der Waals surface area contributed by atoms with Crippen LogP contribution in [0.3, 0.4) is 0 Å². The van der Waals surface area contributed by atoms with E-state index in [2.05, 4.69) is 16.0 Å². The van der Waals surface area contributed by atoms with E-state index in [9.17, 15) is 29.1 Å². The maximum atomic E-state index is 13.1. The van der Waals surface area contributed by atoms with Crippen LogP contribution in [0.4, 0.5) is 0 Å². The van der Waals surface area contributed by atoms with Gasteiger partial charge in [0.05, 0.1) is 6.04 Å². The number of unbranched alkanes of at least 4 members (excludes halogenated alkanes) is 1. The molecule has 12 nitrogen and oxygen atoms in total. The topological polar surface area (TPSA) is 214 Å². The number of aliphatic carboxylic acids is 2. The molecule has 0 heterocycles. The van der Waals surface area contributed by atoms with Crippen molar-refractivity contribution in [2.45, 2.75) is 83.0 Å². The third-order valence-electron chi connectivity index (χ3n) is 5.82. The van der Waals surface area contributed by atoms with Crippen LogP contribution in [0.1, 0.15) is 57.9 Å². The summed E-state index contributed by atoms with van der Waals surface area (Å²) in [6.45, 7) is 4.13. The number of rotatable bonds is 18. The molecule has 0 aliphatic carbocycles. The van der Waals surface area contributed by atoms with E-state index in [-0.39, 0.29) is 25.2 Å². The first-order valence-electron chi connectivity index (χ1n) is 12.8. The molecule has 0 aliphatic heterocycles. The zero-order valence-corrected chi connectivity index (χ0v) is 22.0. The van der Waals surface area contributed by atoms with Crippen LogP contribution in [-0.2, 0) is 30.4 Å². The number of nitrogens with one attached hydrogen (secondary N) is 3. The van der Waals surface area contributed by atoms with E-state index in [1.165, 1.54) is 0 Å². The lowest BCUT2D eigenvalue weighted by Crippen LogP contribution is -2.57. The van der Waals surface area contributed by atoms with Crippen LogP contribution in [0.25, 0.3) is 0 Å². The van der Waals surface area contributed by atoms with Crippen LogP contribution in [0.5, 0.6) is 0 Å². The monoisotopic (exact) mass is 535 g/mol. The van der Waals surface area contributed by atoms with E-state index in [0.29, 0.717) is 31.4 Å². The lowest BCUT2D eigenvalue weighted by molar-refractivity contribution is -0.142. The maximum absolute atomic E-state index is 13.1. The Morgan fingerprint density at radius 2 is 1.37 bits per heavy atom. The van der Waals surface area contributed by atoms with Gasteiger partial charge in [-0.2, -0.15) is 0 Å². The summed E-state index contributed by atoms with van der Waals surface area (Å²) in [5.41, 5.74) is 12.2. The number of carboxylic acids is 2. The number of hydrogen-bond acceptors (Lipinski definition) is 7. The normalized spacial score (nSPS) is 14.1. The van der Waals surface area contributed by atoms with Crippen molar-refractivity contribution in [3.8, 4) is 0 Å². The molecule has 0 fully saturated rings. The quantitative estimate of drug-likeness (QED) is 0.127. The minimum atomic E-state index is -1.25. The highest BCUT2D eigenvalue weighted by molar-refractivity contribution is 5.94. The molecule has 4 unspecified atom stereocenters. The van der Waals surface area contributed by atoms with Gasteiger partial charge in [0.25, 0.3) is 0 Å². The van der Waals surface area contributed by atoms with Crippen molar-refractivity contribution in [1.82, 2.24) is 16.0 Å². The average Bonchev–Trinajstić information content (AvgIpc) is 2.85. The zero-order chi connectivity index (χ0) is 28.7. The van der Waals surface area contributed by atoms with Crippen molar-refractivity contribution >= 4 is 29.7 Å². The first-order valence-corrected chi connectivity index (χ1v) is 12.8. The number of nitrogens with two attached hydrogens (primary N) is 2. The molecule has 0 radical (unpaired) electrons. The van der Waals surface area contributed by atoms with E-state index in [1.807, 2.05) is 13.8 Å². The fraction of sp³-hybridized carbons (Fsp3) is 0.577. The van der Waals surface area contributed by atoms with Gasteiger partial charge in [0.15, 0.2) is 0 Å². The molecule has 1 rings (SSSR count). The van der Waals surface area contributed by atoms with Gasteiger partial charge < -0.3 is 37.6 Å². The Kier molecular flexibility index (Phi) is 14.6. The summed E-state index contributed by atoms with van der Waals surface area (Å²) < 4.78 is 0. The Hall–Kier alpha value is -3.51. The first kappa shape index (κ1) is 32.5. The molecule has 1 aromatic rings. The molecule has 0 bridgehead atoms. The van der Waals surface area contributed by atoms with Crippen molar-refractivity contribution in [2.24, 2.45) is 17.4 Å². The Balaban J connectivity index is 3.03. The second-order valence-corrected chi connectivity index (χ2v) is 9.66. The van der Waals surface area contributed by atoms with Crippen LogP contribution in [0.15, 0.2) is 30.3 Å². The van der Waals surface area contributed by atoms with Gasteiger partial charge in [-0.15, -0.1) is 0 Å². The van der Waals surface area contributed by atoms with Gasteiger partial charge in [0.2, 0.25) is 17.7 Å². The van der Waals surface area contributed by atoms with Crippen LogP contribution in [-0.4, -0.2) is 70.6 Å². The SMILES string of the molecule is CC(C)CC(N)C(=O)NC(CCC(=O)O)C(=O)NC(CCCCN)C(=O)NC(Cc1ccccc1)C(=O)O. The van der Waals surface area contributed by atoms with Gasteiger partial charge in [0, 0.05) is 12.8 Å². The number of hydrogen-bond donors (Lipinski definition) is 7. The largest absolute Gasteiger partial charge is 0.481 e. The molecule has 0 aromatic heterocycles. The van der Waals surface area contributed by atoms with Crippen LogP contribution >= 0.6 is 0 Å². The van der Waals surface area contributed by atoms with E-state index in [1.54, 1.807) is 30.3 Å². The molecule has 1 aromatic carbocycles. The zero-order valence-electron chi connectivity index (χ0n) is 22.0. The smallest absolute Gasteiger partial charge is 0.326 e. The standard InChI is InChI=1S/C26H41N5O7/c1-16(2)14-18(28)23(34)29-20(11-12-22(32)33)25(36)30-19(10-6-7-13-27)24(35)31-21(26(37)38)15-17-8-4-3-5-9-17/h3-5,8-9,16,18-21H,6-7,10-15,27-28H2,1-2H3,(H,29,34)(H,30,36)(H,31,35)(H,32,33)(H,37,38). The molecular formula is C26H41N5O7.